The van der Waals surface area contributed by atoms with E-state index in [0.717, 1.165) is 37.0 Å². The zero-order chi connectivity index (χ0) is 35.6. The van der Waals surface area contributed by atoms with Crippen LogP contribution in [-0.4, -0.2) is 59.4 Å². The zero-order valence-electron chi connectivity index (χ0n) is 25.9. The number of rotatable bonds is 8. The van der Waals surface area contributed by atoms with Gasteiger partial charge in [0.15, 0.2) is 0 Å². The molecule has 0 unspecified atom stereocenters. The SMILES string of the molecule is COC(=O)c1ccc(N2C[C@H]3[C@@H](C2=O)[C@H](c2cccc(Cl)c2F)[C@](C)(C(=O)Nc2cccc(Cl)c2)N3CC2CC2)c([N+](=O)[O-])c1C(F)(F)F. The fraction of sp³-hybridized carbons (Fsp3) is 0.364. The van der Waals surface area contributed by atoms with E-state index in [1.54, 1.807) is 30.0 Å². The Labute approximate surface area is 287 Å². The number of esters is 1. The lowest BCUT2D eigenvalue weighted by Crippen LogP contribution is -2.57. The molecule has 0 bridgehead atoms. The van der Waals surface area contributed by atoms with Gasteiger partial charge in [-0.2, -0.15) is 13.2 Å². The van der Waals surface area contributed by atoms with Crippen molar-refractivity contribution in [3.63, 3.8) is 0 Å². The van der Waals surface area contributed by atoms with Crippen LogP contribution < -0.4 is 10.2 Å². The Bertz CT molecular complexity index is 1890. The van der Waals surface area contributed by atoms with Crippen molar-refractivity contribution in [3.8, 4) is 0 Å². The summed E-state index contributed by atoms with van der Waals surface area (Å²) >= 11 is 12.3. The number of likely N-dealkylation sites (tertiary alicyclic amines) is 1. The highest BCUT2D eigenvalue weighted by Crippen LogP contribution is 2.56. The van der Waals surface area contributed by atoms with E-state index in [-0.39, 0.29) is 29.6 Å². The van der Waals surface area contributed by atoms with Crippen molar-refractivity contribution in [2.24, 2.45) is 11.8 Å². The second kappa shape index (κ2) is 12.6. The number of hydrogen-bond donors (Lipinski definition) is 1. The van der Waals surface area contributed by atoms with Crippen molar-refractivity contribution in [3.05, 3.63) is 97.3 Å². The predicted molar refractivity (Wildman–Crippen MR) is 171 cm³/mol. The second-order valence-corrected chi connectivity index (χ2v) is 13.3. The molecule has 1 saturated carbocycles. The molecule has 1 aliphatic carbocycles. The highest BCUT2D eigenvalue weighted by molar-refractivity contribution is 6.31. The molecule has 2 heterocycles. The highest BCUT2D eigenvalue weighted by atomic mass is 35.5. The van der Waals surface area contributed by atoms with Crippen LogP contribution in [0.25, 0.3) is 0 Å². The van der Waals surface area contributed by atoms with E-state index >= 15 is 4.39 Å². The Morgan fingerprint density at radius 3 is 2.43 bits per heavy atom. The maximum absolute atomic E-state index is 16.0. The number of alkyl halides is 3. The number of carbonyl (C=O) groups excluding carboxylic acids is 3. The summed E-state index contributed by atoms with van der Waals surface area (Å²) in [6.07, 6.45) is -3.77. The van der Waals surface area contributed by atoms with Gasteiger partial charge in [-0.25, -0.2) is 9.18 Å². The van der Waals surface area contributed by atoms with Gasteiger partial charge in [-0.3, -0.25) is 24.6 Å². The number of anilines is 2. The van der Waals surface area contributed by atoms with Gasteiger partial charge in [0.2, 0.25) is 11.8 Å². The van der Waals surface area contributed by atoms with Crippen LogP contribution in [-0.2, 0) is 20.5 Å². The molecule has 3 aromatic rings. The summed E-state index contributed by atoms with van der Waals surface area (Å²) in [7, 11) is 0.830. The minimum absolute atomic E-state index is 0.0775. The number of carbonyl (C=O) groups is 3. The number of methoxy groups -OCH3 is 1. The molecule has 3 fully saturated rings. The van der Waals surface area contributed by atoms with Crippen molar-refractivity contribution >= 4 is 58.0 Å². The van der Waals surface area contributed by atoms with E-state index in [1.807, 2.05) is 0 Å². The third-order valence-corrected chi connectivity index (χ3v) is 10.2. The third-order valence-electron chi connectivity index (χ3n) is 9.63. The lowest BCUT2D eigenvalue weighted by atomic mass is 9.74. The van der Waals surface area contributed by atoms with Gasteiger partial charge in [-0.15, -0.1) is 0 Å². The van der Waals surface area contributed by atoms with E-state index in [2.05, 4.69) is 10.1 Å². The van der Waals surface area contributed by atoms with Crippen LogP contribution in [0.5, 0.6) is 0 Å². The summed E-state index contributed by atoms with van der Waals surface area (Å²) in [6, 6.07) is 11.2. The fourth-order valence-electron chi connectivity index (χ4n) is 7.29. The molecule has 16 heteroatoms. The molecule has 2 saturated heterocycles. The number of benzene rings is 3. The number of hydrogen-bond acceptors (Lipinski definition) is 7. The second-order valence-electron chi connectivity index (χ2n) is 12.5. The van der Waals surface area contributed by atoms with Crippen molar-refractivity contribution < 1.29 is 41.6 Å². The first-order valence-corrected chi connectivity index (χ1v) is 15.9. The van der Waals surface area contributed by atoms with Gasteiger partial charge in [-0.1, -0.05) is 41.4 Å². The maximum Gasteiger partial charge on any atom is 0.423 e. The van der Waals surface area contributed by atoms with Crippen LogP contribution in [0.4, 0.5) is 34.6 Å². The monoisotopic (exact) mass is 722 g/mol. The van der Waals surface area contributed by atoms with Gasteiger partial charge in [0.1, 0.15) is 22.6 Å². The number of fused-ring (bicyclic) bond motifs is 1. The molecule has 2 amide bonds. The highest BCUT2D eigenvalue weighted by Gasteiger charge is 2.67. The normalized spacial score (nSPS) is 23.8. The van der Waals surface area contributed by atoms with Gasteiger partial charge >= 0.3 is 17.8 Å². The molecule has 49 heavy (non-hydrogen) atoms. The Hall–Kier alpha value is -4.27. The van der Waals surface area contributed by atoms with Crippen LogP contribution in [0.3, 0.4) is 0 Å². The lowest BCUT2D eigenvalue weighted by Gasteiger charge is -2.41. The van der Waals surface area contributed by atoms with E-state index < -0.39 is 80.6 Å². The predicted octanol–water partition coefficient (Wildman–Crippen LogP) is 7.08. The number of ether oxygens (including phenoxy) is 1. The van der Waals surface area contributed by atoms with Crippen molar-refractivity contribution in [1.82, 2.24) is 4.90 Å². The number of halogens is 6. The molecule has 1 N–H and O–H groups in total. The fourth-order valence-corrected chi connectivity index (χ4v) is 7.66. The molecule has 3 aliphatic rings. The summed E-state index contributed by atoms with van der Waals surface area (Å²) in [5.74, 6) is -6.20. The summed E-state index contributed by atoms with van der Waals surface area (Å²) < 4.78 is 63.6. The number of nitro benzene ring substituents is 1. The van der Waals surface area contributed by atoms with Crippen LogP contribution in [0.2, 0.25) is 10.0 Å². The van der Waals surface area contributed by atoms with Crippen LogP contribution in [0, 0.1) is 27.8 Å². The van der Waals surface area contributed by atoms with Gasteiger partial charge in [0, 0.05) is 35.8 Å². The van der Waals surface area contributed by atoms with Gasteiger partial charge in [0.25, 0.3) is 0 Å². The average molecular weight is 724 g/mol. The summed E-state index contributed by atoms with van der Waals surface area (Å²) in [5, 5.41) is 15.2. The van der Waals surface area contributed by atoms with E-state index in [9.17, 15) is 37.7 Å². The van der Waals surface area contributed by atoms with E-state index in [0.29, 0.717) is 10.7 Å². The number of nitrogens with zero attached hydrogens (tertiary/aromatic N) is 3. The first kappa shape index (κ1) is 34.6. The Morgan fingerprint density at radius 2 is 1.82 bits per heavy atom. The van der Waals surface area contributed by atoms with E-state index in [4.69, 9.17) is 23.2 Å². The maximum atomic E-state index is 16.0. The third kappa shape index (κ3) is 5.89. The van der Waals surface area contributed by atoms with E-state index in [1.165, 1.54) is 24.3 Å². The van der Waals surface area contributed by atoms with Crippen LogP contribution >= 0.6 is 23.2 Å². The molecule has 0 radical (unpaired) electrons. The summed E-state index contributed by atoms with van der Waals surface area (Å²) in [4.78, 5) is 54.9. The Kier molecular flexibility index (Phi) is 8.87. The number of nitro groups is 1. The Morgan fingerprint density at radius 1 is 1.12 bits per heavy atom. The molecule has 0 spiro atoms. The molecule has 6 rings (SSSR count). The standard InChI is InChI=1S/C33H28Cl2F4N4O6/c1-32(31(46)40-18-6-3-5-17(34)13-18)25(19-7-4-8-21(35)27(19)36)24-23(42(32)14-16-9-10-16)15-41(29(24)44)22-12-11-20(30(45)49-2)26(33(37,38)39)28(22)43(47)48/h3-8,11-13,16,23-25H,9-10,14-15H2,1-2H3,(H,40,46)/t23-,24+,25-,32+/m0/s1. The smallest absolute Gasteiger partial charge is 0.423 e. The largest absolute Gasteiger partial charge is 0.465 e. The number of nitrogens with one attached hydrogen (secondary N) is 1. The molecule has 2 aliphatic heterocycles. The zero-order valence-corrected chi connectivity index (χ0v) is 27.4. The molecular weight excluding hydrogens is 695 g/mol. The molecule has 3 aromatic carbocycles. The molecular formula is C33H28Cl2F4N4O6. The molecule has 0 aromatic heterocycles. The minimum atomic E-state index is -5.39. The van der Waals surface area contributed by atoms with Crippen molar-refractivity contribution in [1.29, 1.82) is 0 Å². The van der Waals surface area contributed by atoms with Crippen molar-refractivity contribution in [2.45, 2.75) is 43.4 Å². The first-order chi connectivity index (χ1) is 23.1. The van der Waals surface area contributed by atoms with Crippen LogP contribution in [0.15, 0.2) is 54.6 Å². The number of amides is 2. The quantitative estimate of drug-likeness (QED) is 0.114. The average Bonchev–Trinajstić information content (AvgIpc) is 3.76. The summed E-state index contributed by atoms with van der Waals surface area (Å²) in [5.41, 5.74) is -6.55. The topological polar surface area (TPSA) is 122 Å². The molecule has 258 valence electrons. The van der Waals surface area contributed by atoms with Crippen LogP contribution in [0.1, 0.15) is 47.2 Å². The molecule has 10 nitrogen and oxygen atoms in total. The van der Waals surface area contributed by atoms with Gasteiger partial charge in [-0.05, 0) is 67.6 Å². The van der Waals surface area contributed by atoms with Crippen molar-refractivity contribution in [2.75, 3.05) is 30.4 Å². The lowest BCUT2D eigenvalue weighted by molar-refractivity contribution is -0.387. The molecule has 4 atom stereocenters. The summed E-state index contributed by atoms with van der Waals surface area (Å²) in [6.45, 7) is 1.48. The van der Waals surface area contributed by atoms with Gasteiger partial charge < -0.3 is 15.0 Å². The Balaban J connectivity index is 1.53. The first-order valence-electron chi connectivity index (χ1n) is 15.2. The van der Waals surface area contributed by atoms with Gasteiger partial charge in [0.05, 0.1) is 28.5 Å². The minimum Gasteiger partial charge on any atom is -0.465 e.